The molecule has 5 nitrogen and oxygen atoms in total. The summed E-state index contributed by atoms with van der Waals surface area (Å²) in [5.74, 6) is 0.256. The lowest BCUT2D eigenvalue weighted by atomic mass is 9.48. The van der Waals surface area contributed by atoms with Crippen LogP contribution in [-0.2, 0) is 14.4 Å². The Bertz CT molecular complexity index is 343. The molecule has 0 bridgehead atoms. The first-order valence-corrected chi connectivity index (χ1v) is 6.64. The lowest BCUT2D eigenvalue weighted by molar-refractivity contribution is -0.185. The molecule has 0 aromatic rings. The summed E-state index contributed by atoms with van der Waals surface area (Å²) in [6.07, 6.45) is 0.945. The van der Waals surface area contributed by atoms with Gasteiger partial charge in [0.1, 0.15) is 5.54 Å². The summed E-state index contributed by atoms with van der Waals surface area (Å²) in [5.41, 5.74) is 7.63. The molecule has 3 atom stereocenters. The van der Waals surface area contributed by atoms with Gasteiger partial charge in [-0.15, -0.1) is 0 Å². The predicted molar refractivity (Wildman–Crippen MR) is 67.5 cm³/mol. The monoisotopic (exact) mass is 256 g/mol. The normalized spacial score (nSPS) is 37.2. The summed E-state index contributed by atoms with van der Waals surface area (Å²) < 4.78 is 5.65. The van der Waals surface area contributed by atoms with Crippen LogP contribution in [0, 0.1) is 17.3 Å². The van der Waals surface area contributed by atoms with Crippen LogP contribution in [0.25, 0.3) is 0 Å². The zero-order chi connectivity index (χ0) is 13.6. The molecule has 3 unspecified atom stereocenters. The molecule has 1 saturated heterocycles. The Morgan fingerprint density at radius 3 is 2.83 bits per heavy atom. The molecule has 2 rings (SSSR count). The molecule has 1 saturated carbocycles. The second-order valence-corrected chi connectivity index (χ2v) is 6.41. The van der Waals surface area contributed by atoms with Crippen LogP contribution in [0.5, 0.6) is 0 Å². The minimum absolute atomic E-state index is 0.0957. The largest absolute Gasteiger partial charge is 0.377 e. The van der Waals surface area contributed by atoms with Crippen LogP contribution in [0.2, 0.25) is 0 Å². The Morgan fingerprint density at radius 1 is 1.56 bits per heavy atom. The first-order chi connectivity index (χ1) is 8.31. The number of nitrogens with one attached hydrogen (secondary N) is 1. The molecule has 0 spiro atoms. The predicted octanol–water partition coefficient (Wildman–Crippen LogP) is 0.833. The molecule has 3 N–H and O–H groups in total. The van der Waals surface area contributed by atoms with E-state index in [-0.39, 0.29) is 23.3 Å². The number of amides is 1. The average Bonchev–Trinajstić information content (AvgIpc) is 2.74. The van der Waals surface area contributed by atoms with Crippen LogP contribution in [0.15, 0.2) is 0 Å². The summed E-state index contributed by atoms with van der Waals surface area (Å²) in [6.45, 7) is 9.21. The zero-order valence-electron chi connectivity index (χ0n) is 11.7. The first kappa shape index (κ1) is 13.8. The van der Waals surface area contributed by atoms with Crippen LogP contribution in [-0.4, -0.2) is 30.8 Å². The Kier molecular flexibility index (Phi) is 3.42. The third-order valence-electron chi connectivity index (χ3n) is 4.41. The van der Waals surface area contributed by atoms with Gasteiger partial charge < -0.3 is 10.5 Å². The molecule has 5 heteroatoms. The van der Waals surface area contributed by atoms with Crippen molar-refractivity contribution in [2.45, 2.75) is 45.8 Å². The van der Waals surface area contributed by atoms with Crippen LogP contribution in [0.1, 0.15) is 34.1 Å². The number of hydroxylamine groups is 1. The smallest absolute Gasteiger partial charge is 0.264 e. The van der Waals surface area contributed by atoms with E-state index in [2.05, 4.69) is 5.48 Å². The van der Waals surface area contributed by atoms with Crippen molar-refractivity contribution in [3.63, 3.8) is 0 Å². The van der Waals surface area contributed by atoms with Crippen molar-refractivity contribution in [1.82, 2.24) is 5.48 Å². The SMILES string of the molecule is CC(C)CONC(=O)C1(N)C2CCOC2C1(C)C. The van der Waals surface area contributed by atoms with Gasteiger partial charge in [0.05, 0.1) is 12.7 Å². The van der Waals surface area contributed by atoms with Crippen molar-refractivity contribution in [2.24, 2.45) is 23.0 Å². The maximum atomic E-state index is 12.3. The molecular formula is C13H24N2O3. The number of fused-ring (bicyclic) bond motifs is 1. The van der Waals surface area contributed by atoms with E-state index in [1.807, 2.05) is 27.7 Å². The molecule has 104 valence electrons. The van der Waals surface area contributed by atoms with E-state index >= 15 is 0 Å². The highest BCUT2D eigenvalue weighted by atomic mass is 16.7. The third-order valence-corrected chi connectivity index (χ3v) is 4.41. The molecular weight excluding hydrogens is 232 g/mol. The highest BCUT2D eigenvalue weighted by Crippen LogP contribution is 2.58. The zero-order valence-corrected chi connectivity index (χ0v) is 11.7. The summed E-state index contributed by atoms with van der Waals surface area (Å²) in [7, 11) is 0. The van der Waals surface area contributed by atoms with Gasteiger partial charge in [0.25, 0.3) is 5.91 Å². The number of ether oxygens (including phenoxy) is 1. The van der Waals surface area contributed by atoms with E-state index in [0.29, 0.717) is 19.1 Å². The molecule has 0 radical (unpaired) electrons. The number of nitrogens with two attached hydrogens (primary N) is 1. The van der Waals surface area contributed by atoms with Crippen LogP contribution < -0.4 is 11.2 Å². The van der Waals surface area contributed by atoms with E-state index in [0.717, 1.165) is 6.42 Å². The fourth-order valence-electron chi connectivity index (χ4n) is 3.20. The quantitative estimate of drug-likeness (QED) is 0.731. The maximum Gasteiger partial charge on any atom is 0.264 e. The molecule has 1 heterocycles. The lowest BCUT2D eigenvalue weighted by Crippen LogP contribution is -2.80. The molecule has 2 aliphatic rings. The molecule has 1 aliphatic carbocycles. The van der Waals surface area contributed by atoms with Crippen molar-refractivity contribution in [3.8, 4) is 0 Å². The number of carbonyl (C=O) groups excluding carboxylic acids is 1. The van der Waals surface area contributed by atoms with Gasteiger partial charge in [-0.25, -0.2) is 5.48 Å². The fourth-order valence-corrected chi connectivity index (χ4v) is 3.20. The van der Waals surface area contributed by atoms with Gasteiger partial charge in [-0.1, -0.05) is 27.7 Å². The van der Waals surface area contributed by atoms with Crippen molar-refractivity contribution < 1.29 is 14.4 Å². The van der Waals surface area contributed by atoms with E-state index in [1.165, 1.54) is 0 Å². The average molecular weight is 256 g/mol. The molecule has 1 aliphatic heterocycles. The molecule has 18 heavy (non-hydrogen) atoms. The Morgan fingerprint density at radius 2 is 2.22 bits per heavy atom. The van der Waals surface area contributed by atoms with Crippen molar-refractivity contribution in [3.05, 3.63) is 0 Å². The van der Waals surface area contributed by atoms with Crippen LogP contribution >= 0.6 is 0 Å². The van der Waals surface area contributed by atoms with Gasteiger partial charge in [-0.3, -0.25) is 9.63 Å². The van der Waals surface area contributed by atoms with E-state index in [4.69, 9.17) is 15.3 Å². The third kappa shape index (κ3) is 1.76. The highest BCUT2D eigenvalue weighted by Gasteiger charge is 2.71. The number of rotatable bonds is 4. The second-order valence-electron chi connectivity index (χ2n) is 6.41. The van der Waals surface area contributed by atoms with Gasteiger partial charge in [-0.05, 0) is 12.3 Å². The molecule has 0 aromatic carbocycles. The summed E-state index contributed by atoms with van der Waals surface area (Å²) in [5, 5.41) is 0. The van der Waals surface area contributed by atoms with Gasteiger partial charge in [0, 0.05) is 17.9 Å². The second kappa shape index (κ2) is 4.47. The number of hydrogen-bond acceptors (Lipinski definition) is 4. The highest BCUT2D eigenvalue weighted by molar-refractivity contribution is 5.88. The van der Waals surface area contributed by atoms with E-state index < -0.39 is 5.54 Å². The Hall–Kier alpha value is -0.650. The van der Waals surface area contributed by atoms with Crippen LogP contribution in [0.4, 0.5) is 0 Å². The maximum absolute atomic E-state index is 12.3. The van der Waals surface area contributed by atoms with E-state index in [1.54, 1.807) is 0 Å². The first-order valence-electron chi connectivity index (χ1n) is 6.64. The standard InChI is InChI=1S/C13H24N2O3/c1-8(2)7-18-15-11(16)13(14)9-5-6-17-10(9)12(13,3)4/h8-10H,5-7,14H2,1-4H3,(H,15,16). The van der Waals surface area contributed by atoms with E-state index in [9.17, 15) is 4.79 Å². The Labute approximate surface area is 108 Å². The van der Waals surface area contributed by atoms with Crippen LogP contribution in [0.3, 0.4) is 0 Å². The fraction of sp³-hybridized carbons (Fsp3) is 0.923. The van der Waals surface area contributed by atoms with Gasteiger partial charge in [-0.2, -0.15) is 0 Å². The number of carbonyl (C=O) groups is 1. The topological polar surface area (TPSA) is 73.6 Å². The van der Waals surface area contributed by atoms with Crippen molar-refractivity contribution in [1.29, 1.82) is 0 Å². The summed E-state index contributed by atoms with van der Waals surface area (Å²) in [4.78, 5) is 17.5. The van der Waals surface area contributed by atoms with Gasteiger partial charge in [0.2, 0.25) is 0 Å². The molecule has 1 amide bonds. The summed E-state index contributed by atoms with van der Waals surface area (Å²) in [6, 6.07) is 0. The summed E-state index contributed by atoms with van der Waals surface area (Å²) >= 11 is 0. The molecule has 0 aromatic heterocycles. The van der Waals surface area contributed by atoms with Gasteiger partial charge in [0.15, 0.2) is 0 Å². The number of hydrogen-bond donors (Lipinski definition) is 2. The Balaban J connectivity index is 2.00. The minimum Gasteiger partial charge on any atom is -0.377 e. The molecule has 2 fully saturated rings. The van der Waals surface area contributed by atoms with Crippen molar-refractivity contribution >= 4 is 5.91 Å². The van der Waals surface area contributed by atoms with Crippen molar-refractivity contribution in [2.75, 3.05) is 13.2 Å². The lowest BCUT2D eigenvalue weighted by Gasteiger charge is -2.60. The minimum atomic E-state index is -0.884. The van der Waals surface area contributed by atoms with Gasteiger partial charge >= 0.3 is 0 Å².